The van der Waals surface area contributed by atoms with Crippen LogP contribution in [0.3, 0.4) is 0 Å². The van der Waals surface area contributed by atoms with Crippen LogP contribution in [0, 0.1) is 0 Å². The molecule has 1 amide bonds. The van der Waals surface area contributed by atoms with Crippen molar-refractivity contribution in [3.05, 3.63) is 32.5 Å². The monoisotopic (exact) mass is 464 g/mol. The van der Waals surface area contributed by atoms with E-state index in [-0.39, 0.29) is 15.3 Å². The van der Waals surface area contributed by atoms with E-state index in [1.165, 1.54) is 29.2 Å². The number of nitrogens with zero attached hydrogens (tertiary/aromatic N) is 1. The molecule has 0 aromatic carbocycles. The standard InChI is InChI=1S/C17H21ClN2O3S4/c1-8(2)12-7-19-17(26-12)20-16(21)10-6-11(25-5)15(13(18)14(10)24)27(22,23)9(3)4/h6-9,13H,1-5H3,(H,19,20,21). The molecule has 1 N–H and O–H groups in total. The largest absolute Gasteiger partial charge is 0.298 e. The molecule has 0 aliphatic heterocycles. The predicted octanol–water partition coefficient (Wildman–Crippen LogP) is 4.52. The first-order valence-electron chi connectivity index (χ1n) is 8.19. The number of hydrogen-bond donors (Lipinski definition) is 1. The number of nitrogens with one attached hydrogen (secondary N) is 1. The fraction of sp³-hybridized carbons (Fsp3) is 0.471. The number of thiazole rings is 1. The smallest absolute Gasteiger partial charge is 0.258 e. The number of carbonyl (C=O) groups is 1. The first kappa shape index (κ1) is 22.5. The summed E-state index contributed by atoms with van der Waals surface area (Å²) in [6.07, 6.45) is 4.97. The number of hydrogen-bond acceptors (Lipinski definition) is 7. The van der Waals surface area contributed by atoms with Gasteiger partial charge in [0.15, 0.2) is 15.0 Å². The predicted molar refractivity (Wildman–Crippen MR) is 120 cm³/mol. The number of rotatable bonds is 6. The van der Waals surface area contributed by atoms with Gasteiger partial charge in [-0.25, -0.2) is 13.4 Å². The minimum Gasteiger partial charge on any atom is -0.298 e. The zero-order valence-corrected chi connectivity index (χ0v) is 19.6. The molecule has 0 radical (unpaired) electrons. The van der Waals surface area contributed by atoms with E-state index in [9.17, 15) is 13.2 Å². The van der Waals surface area contributed by atoms with E-state index in [0.717, 1.165) is 4.88 Å². The van der Waals surface area contributed by atoms with Gasteiger partial charge in [0.2, 0.25) is 0 Å². The van der Waals surface area contributed by atoms with Gasteiger partial charge in [0.1, 0.15) is 5.38 Å². The second-order valence-corrected chi connectivity index (χ2v) is 11.7. The van der Waals surface area contributed by atoms with Gasteiger partial charge < -0.3 is 0 Å². The van der Waals surface area contributed by atoms with Crippen molar-refractivity contribution in [2.24, 2.45) is 0 Å². The summed E-state index contributed by atoms with van der Waals surface area (Å²) in [6, 6.07) is 0. The molecule has 1 aromatic heterocycles. The maximum atomic E-state index is 12.7. The molecule has 27 heavy (non-hydrogen) atoms. The van der Waals surface area contributed by atoms with Crippen molar-refractivity contribution >= 4 is 72.7 Å². The second kappa shape index (κ2) is 8.73. The van der Waals surface area contributed by atoms with Gasteiger partial charge >= 0.3 is 0 Å². The molecule has 0 spiro atoms. The fourth-order valence-electron chi connectivity index (χ4n) is 2.30. The van der Waals surface area contributed by atoms with Crippen LogP contribution in [0.15, 0.2) is 27.7 Å². The van der Waals surface area contributed by atoms with Gasteiger partial charge in [0.25, 0.3) is 5.91 Å². The van der Waals surface area contributed by atoms with Gasteiger partial charge in [-0.15, -0.1) is 34.7 Å². The number of sulfone groups is 1. The van der Waals surface area contributed by atoms with E-state index >= 15 is 0 Å². The Morgan fingerprint density at radius 3 is 2.48 bits per heavy atom. The lowest BCUT2D eigenvalue weighted by atomic mass is 10.0. The average molecular weight is 465 g/mol. The Morgan fingerprint density at radius 1 is 1.37 bits per heavy atom. The summed E-state index contributed by atoms with van der Waals surface area (Å²) >= 11 is 14.4. The second-order valence-electron chi connectivity index (χ2n) is 6.49. The van der Waals surface area contributed by atoms with E-state index in [1.807, 2.05) is 13.8 Å². The lowest BCUT2D eigenvalue weighted by molar-refractivity contribution is -0.112. The van der Waals surface area contributed by atoms with Crippen LogP contribution in [-0.2, 0) is 14.6 Å². The van der Waals surface area contributed by atoms with Crippen molar-refractivity contribution in [1.82, 2.24) is 4.98 Å². The van der Waals surface area contributed by atoms with E-state index in [0.29, 0.717) is 16.0 Å². The number of alkyl halides is 1. The quantitative estimate of drug-likeness (QED) is 0.492. The number of allylic oxidation sites excluding steroid dienone is 2. The van der Waals surface area contributed by atoms with Crippen molar-refractivity contribution < 1.29 is 13.2 Å². The summed E-state index contributed by atoms with van der Waals surface area (Å²) < 4.78 is 25.4. The fourth-order valence-corrected chi connectivity index (χ4v) is 6.54. The van der Waals surface area contributed by atoms with Crippen molar-refractivity contribution in [1.29, 1.82) is 0 Å². The van der Waals surface area contributed by atoms with Crippen LogP contribution in [0.4, 0.5) is 5.13 Å². The van der Waals surface area contributed by atoms with Gasteiger partial charge in [-0.3, -0.25) is 10.1 Å². The zero-order valence-electron chi connectivity index (χ0n) is 15.6. The Balaban J connectivity index is 2.41. The Bertz CT molecular complexity index is 930. The topological polar surface area (TPSA) is 76.1 Å². The molecule has 148 valence electrons. The molecule has 5 nitrogen and oxygen atoms in total. The number of anilines is 1. The maximum Gasteiger partial charge on any atom is 0.258 e. The Kier molecular flexibility index (Phi) is 7.29. The lowest BCUT2D eigenvalue weighted by Crippen LogP contribution is -2.34. The summed E-state index contributed by atoms with van der Waals surface area (Å²) in [6.45, 7) is 7.27. The van der Waals surface area contributed by atoms with Gasteiger partial charge in [-0.05, 0) is 32.1 Å². The molecular formula is C17H21ClN2O3S4. The Hall–Kier alpha value is -0.740. The van der Waals surface area contributed by atoms with E-state index < -0.39 is 26.4 Å². The molecular weight excluding hydrogens is 444 g/mol. The van der Waals surface area contributed by atoms with E-state index in [2.05, 4.69) is 10.3 Å². The minimum absolute atomic E-state index is 0.0737. The van der Waals surface area contributed by atoms with Crippen LogP contribution in [-0.4, -0.2) is 41.1 Å². The van der Waals surface area contributed by atoms with Gasteiger partial charge in [-0.1, -0.05) is 26.1 Å². The highest BCUT2D eigenvalue weighted by molar-refractivity contribution is 8.04. The highest BCUT2D eigenvalue weighted by Crippen LogP contribution is 2.37. The lowest BCUT2D eigenvalue weighted by Gasteiger charge is -2.25. The molecule has 0 bridgehead atoms. The van der Waals surface area contributed by atoms with Crippen molar-refractivity contribution in [2.75, 3.05) is 11.6 Å². The zero-order chi connectivity index (χ0) is 20.5. The number of carbonyl (C=O) groups excluding carboxylic acids is 1. The highest BCUT2D eigenvalue weighted by Gasteiger charge is 2.38. The van der Waals surface area contributed by atoms with Gasteiger partial charge in [-0.2, -0.15) is 0 Å². The molecule has 1 atom stereocenters. The van der Waals surface area contributed by atoms with Gasteiger partial charge in [0, 0.05) is 16.0 Å². The molecule has 1 aliphatic rings. The minimum atomic E-state index is -3.60. The van der Waals surface area contributed by atoms with Crippen LogP contribution in [0.1, 0.15) is 38.5 Å². The molecule has 1 aromatic rings. The SMILES string of the molecule is CSC1=C(S(=O)(=O)C(C)C)C(Cl)C(=S)C(C(=O)Nc2ncc(C(C)C)s2)=C1. The van der Waals surface area contributed by atoms with Crippen LogP contribution in [0.5, 0.6) is 0 Å². The highest BCUT2D eigenvalue weighted by atomic mass is 35.5. The first-order chi connectivity index (χ1) is 12.5. The Morgan fingerprint density at radius 2 is 2.00 bits per heavy atom. The summed E-state index contributed by atoms with van der Waals surface area (Å²) in [4.78, 5) is 18.6. The number of halogens is 1. The molecule has 0 fully saturated rings. The average Bonchev–Trinajstić information content (AvgIpc) is 3.05. The number of aromatic nitrogens is 1. The summed E-state index contributed by atoms with van der Waals surface area (Å²) in [5, 5.41) is 1.51. The number of thioether (sulfide) groups is 1. The molecule has 1 heterocycles. The van der Waals surface area contributed by atoms with Gasteiger partial charge in [0.05, 0.1) is 20.6 Å². The molecule has 10 heteroatoms. The van der Waals surface area contributed by atoms with E-state index in [4.69, 9.17) is 23.8 Å². The Labute approximate surface area is 178 Å². The van der Waals surface area contributed by atoms with Crippen molar-refractivity contribution in [3.8, 4) is 0 Å². The molecule has 0 saturated carbocycles. The van der Waals surface area contributed by atoms with Crippen LogP contribution >= 0.6 is 46.9 Å². The van der Waals surface area contributed by atoms with Crippen LogP contribution in [0.2, 0.25) is 0 Å². The summed E-state index contributed by atoms with van der Waals surface area (Å²) in [7, 11) is -3.60. The van der Waals surface area contributed by atoms with Crippen LogP contribution in [0.25, 0.3) is 0 Å². The van der Waals surface area contributed by atoms with Crippen molar-refractivity contribution in [2.45, 2.75) is 44.2 Å². The third-order valence-electron chi connectivity index (χ3n) is 3.95. The molecule has 0 saturated heterocycles. The molecule has 2 rings (SSSR count). The van der Waals surface area contributed by atoms with Crippen molar-refractivity contribution in [3.63, 3.8) is 0 Å². The summed E-state index contributed by atoms with van der Waals surface area (Å²) in [5.74, 6) is -0.131. The normalized spacial score (nSPS) is 18.3. The molecule has 1 unspecified atom stereocenters. The first-order valence-corrected chi connectivity index (χ1v) is 12.6. The molecule has 1 aliphatic carbocycles. The van der Waals surface area contributed by atoms with Crippen LogP contribution < -0.4 is 5.32 Å². The third kappa shape index (κ3) is 4.64. The summed E-state index contributed by atoms with van der Waals surface area (Å²) in [5.41, 5.74) is 0.193. The maximum absolute atomic E-state index is 12.7. The third-order valence-corrected chi connectivity index (χ3v) is 9.53. The number of thiocarbonyl (C=S) groups is 1. The number of amides is 1. The van der Waals surface area contributed by atoms with E-state index in [1.54, 1.807) is 26.3 Å².